The van der Waals surface area contributed by atoms with Crippen LogP contribution in [0.1, 0.15) is 12.8 Å². The molecular weight excluding hydrogens is 395 g/mol. The van der Waals surface area contributed by atoms with Gasteiger partial charge in [0.15, 0.2) is 5.11 Å². The van der Waals surface area contributed by atoms with Crippen LogP contribution in [-0.4, -0.2) is 24.7 Å². The van der Waals surface area contributed by atoms with Crippen molar-refractivity contribution in [1.29, 1.82) is 0 Å². The molecule has 0 aromatic heterocycles. The second-order valence-electron chi connectivity index (χ2n) is 5.25. The molecule has 2 rings (SSSR count). The van der Waals surface area contributed by atoms with Crippen LogP contribution in [0, 0.1) is 0 Å². The van der Waals surface area contributed by atoms with Crippen molar-refractivity contribution in [2.75, 3.05) is 19.0 Å². The van der Waals surface area contributed by atoms with Gasteiger partial charge in [-0.2, -0.15) is 0 Å². The number of benzene rings is 2. The second kappa shape index (κ2) is 10.2. The minimum atomic E-state index is -0.205. The molecule has 5 nitrogen and oxygen atoms in total. The molecule has 1 amide bonds. The number of amides is 1. The first-order valence-corrected chi connectivity index (χ1v) is 8.97. The van der Waals surface area contributed by atoms with E-state index in [4.69, 9.17) is 44.9 Å². The first kappa shape index (κ1) is 20.3. The number of rotatable bonds is 7. The lowest BCUT2D eigenvalue weighted by Crippen LogP contribution is -2.34. The van der Waals surface area contributed by atoms with E-state index >= 15 is 0 Å². The minimum Gasteiger partial charge on any atom is -0.495 e. The van der Waals surface area contributed by atoms with E-state index < -0.39 is 0 Å². The van der Waals surface area contributed by atoms with Gasteiger partial charge >= 0.3 is 0 Å². The van der Waals surface area contributed by atoms with Crippen molar-refractivity contribution in [3.05, 3.63) is 52.5 Å². The third kappa shape index (κ3) is 6.71. The summed E-state index contributed by atoms with van der Waals surface area (Å²) in [6.45, 7) is 0.414. The van der Waals surface area contributed by atoms with Gasteiger partial charge in [-0.05, 0) is 61.1 Å². The maximum Gasteiger partial charge on any atom is 0.226 e. The lowest BCUT2D eigenvalue weighted by atomic mass is 10.3. The van der Waals surface area contributed by atoms with Gasteiger partial charge in [-0.25, -0.2) is 0 Å². The molecule has 2 N–H and O–H groups in total. The molecular formula is C18H18Cl2N2O3S. The van der Waals surface area contributed by atoms with Crippen molar-refractivity contribution in [2.24, 2.45) is 0 Å². The van der Waals surface area contributed by atoms with Crippen molar-refractivity contribution < 1.29 is 14.3 Å². The summed E-state index contributed by atoms with van der Waals surface area (Å²) in [5.74, 6) is 1.07. The van der Waals surface area contributed by atoms with Gasteiger partial charge in [0.1, 0.15) is 11.5 Å². The number of anilines is 1. The zero-order chi connectivity index (χ0) is 18.9. The van der Waals surface area contributed by atoms with Crippen molar-refractivity contribution in [2.45, 2.75) is 12.8 Å². The van der Waals surface area contributed by atoms with Crippen LogP contribution in [-0.2, 0) is 4.79 Å². The topological polar surface area (TPSA) is 59.6 Å². The molecule has 0 spiro atoms. The Balaban J connectivity index is 1.72. The first-order valence-electron chi connectivity index (χ1n) is 7.80. The first-order chi connectivity index (χ1) is 12.5. The highest BCUT2D eigenvalue weighted by Gasteiger charge is 2.09. The summed E-state index contributed by atoms with van der Waals surface area (Å²) >= 11 is 16.9. The summed E-state index contributed by atoms with van der Waals surface area (Å²) in [5, 5.41) is 6.87. The Bertz CT molecular complexity index is 770. The number of carbonyl (C=O) groups is 1. The zero-order valence-electron chi connectivity index (χ0n) is 14.1. The lowest BCUT2D eigenvalue weighted by molar-refractivity contribution is -0.119. The van der Waals surface area contributed by atoms with Crippen LogP contribution >= 0.6 is 35.4 Å². The standard InChI is InChI=1S/C18H18Cl2N2O3S/c1-24-16-9-6-13(20)11-15(16)21-18(26)22-17(23)3-2-10-25-14-7-4-12(19)5-8-14/h4-9,11H,2-3,10H2,1H3,(H2,21,22,23,26). The molecule has 0 saturated carbocycles. The van der Waals surface area contributed by atoms with Gasteiger partial charge in [0, 0.05) is 16.5 Å². The summed E-state index contributed by atoms with van der Waals surface area (Å²) in [6.07, 6.45) is 0.833. The molecule has 0 saturated heterocycles. The Morgan fingerprint density at radius 2 is 1.81 bits per heavy atom. The van der Waals surface area contributed by atoms with E-state index in [1.807, 2.05) is 0 Å². The largest absolute Gasteiger partial charge is 0.495 e. The van der Waals surface area contributed by atoms with Gasteiger partial charge in [-0.3, -0.25) is 4.79 Å². The summed E-state index contributed by atoms with van der Waals surface area (Å²) < 4.78 is 10.8. The summed E-state index contributed by atoms with van der Waals surface area (Å²) in [7, 11) is 1.54. The predicted molar refractivity (Wildman–Crippen MR) is 109 cm³/mol. The molecule has 138 valence electrons. The Hall–Kier alpha value is -2.02. The fourth-order valence-electron chi connectivity index (χ4n) is 2.07. The number of ether oxygens (including phenoxy) is 2. The van der Waals surface area contributed by atoms with Gasteiger partial charge in [0.05, 0.1) is 19.4 Å². The molecule has 0 aliphatic rings. The van der Waals surface area contributed by atoms with E-state index in [9.17, 15) is 4.79 Å². The number of hydrogen-bond donors (Lipinski definition) is 2. The normalized spacial score (nSPS) is 10.1. The lowest BCUT2D eigenvalue weighted by Gasteiger charge is -2.13. The van der Waals surface area contributed by atoms with E-state index in [0.29, 0.717) is 40.3 Å². The minimum absolute atomic E-state index is 0.175. The number of hydrogen-bond acceptors (Lipinski definition) is 4. The summed E-state index contributed by atoms with van der Waals surface area (Å²) in [5.41, 5.74) is 0.580. The molecule has 2 aromatic rings. The maximum absolute atomic E-state index is 12.0. The molecule has 2 aromatic carbocycles. The van der Waals surface area contributed by atoms with E-state index in [2.05, 4.69) is 10.6 Å². The van der Waals surface area contributed by atoms with Gasteiger partial charge in [-0.15, -0.1) is 0 Å². The fourth-order valence-corrected chi connectivity index (χ4v) is 2.60. The molecule has 0 fully saturated rings. The van der Waals surface area contributed by atoms with E-state index in [1.165, 1.54) is 7.11 Å². The molecule has 8 heteroatoms. The predicted octanol–water partition coefficient (Wildman–Crippen LogP) is 4.67. The van der Waals surface area contributed by atoms with Crippen molar-refractivity contribution in [3.63, 3.8) is 0 Å². The van der Waals surface area contributed by atoms with Crippen LogP contribution in [0.2, 0.25) is 10.0 Å². The Morgan fingerprint density at radius 3 is 2.50 bits per heavy atom. The average molecular weight is 413 g/mol. The van der Waals surface area contributed by atoms with Gasteiger partial charge < -0.3 is 20.1 Å². The van der Waals surface area contributed by atoms with Crippen LogP contribution < -0.4 is 20.1 Å². The smallest absolute Gasteiger partial charge is 0.226 e. The summed E-state index contributed by atoms with van der Waals surface area (Å²) in [4.78, 5) is 12.0. The molecule has 0 heterocycles. The van der Waals surface area contributed by atoms with Crippen molar-refractivity contribution in [1.82, 2.24) is 5.32 Å². The Morgan fingerprint density at radius 1 is 1.12 bits per heavy atom. The summed E-state index contributed by atoms with van der Waals surface area (Å²) in [6, 6.07) is 12.1. The Labute approximate surface area is 167 Å². The molecule has 0 aliphatic heterocycles. The zero-order valence-corrected chi connectivity index (χ0v) is 16.4. The monoisotopic (exact) mass is 412 g/mol. The van der Waals surface area contributed by atoms with Crippen LogP contribution in [0.5, 0.6) is 11.5 Å². The van der Waals surface area contributed by atoms with Crippen molar-refractivity contribution >= 4 is 52.1 Å². The molecule has 0 aliphatic carbocycles. The second-order valence-corrected chi connectivity index (χ2v) is 6.53. The SMILES string of the molecule is COc1ccc(Cl)cc1NC(=S)NC(=O)CCCOc1ccc(Cl)cc1. The number of thiocarbonyl (C=S) groups is 1. The number of methoxy groups -OCH3 is 1. The van der Waals surface area contributed by atoms with Crippen LogP contribution in [0.15, 0.2) is 42.5 Å². The van der Waals surface area contributed by atoms with E-state index in [0.717, 1.165) is 0 Å². The van der Waals surface area contributed by atoms with E-state index in [1.54, 1.807) is 42.5 Å². The average Bonchev–Trinajstić information content (AvgIpc) is 2.60. The molecule has 0 bridgehead atoms. The third-order valence-electron chi connectivity index (χ3n) is 3.29. The Kier molecular flexibility index (Phi) is 7.97. The highest BCUT2D eigenvalue weighted by Crippen LogP contribution is 2.27. The molecule has 0 unspecified atom stereocenters. The highest BCUT2D eigenvalue weighted by molar-refractivity contribution is 7.80. The van der Waals surface area contributed by atoms with Crippen LogP contribution in [0.25, 0.3) is 0 Å². The quantitative estimate of drug-likeness (QED) is 0.510. The maximum atomic E-state index is 12.0. The fraction of sp³-hybridized carbons (Fsp3) is 0.222. The molecule has 0 radical (unpaired) electrons. The molecule has 0 atom stereocenters. The third-order valence-corrected chi connectivity index (χ3v) is 3.98. The van der Waals surface area contributed by atoms with Crippen LogP contribution in [0.4, 0.5) is 5.69 Å². The highest BCUT2D eigenvalue weighted by atomic mass is 35.5. The number of nitrogens with one attached hydrogen (secondary N) is 2. The van der Waals surface area contributed by atoms with Gasteiger partial charge in [-0.1, -0.05) is 23.2 Å². The number of carbonyl (C=O) groups excluding carboxylic acids is 1. The van der Waals surface area contributed by atoms with E-state index in [-0.39, 0.29) is 17.4 Å². The number of halogens is 2. The van der Waals surface area contributed by atoms with Crippen molar-refractivity contribution in [3.8, 4) is 11.5 Å². The van der Waals surface area contributed by atoms with Gasteiger partial charge in [0.25, 0.3) is 0 Å². The van der Waals surface area contributed by atoms with Crippen LogP contribution in [0.3, 0.4) is 0 Å². The van der Waals surface area contributed by atoms with Gasteiger partial charge in [0.2, 0.25) is 5.91 Å². The molecule has 26 heavy (non-hydrogen) atoms.